The zero-order valence-electron chi connectivity index (χ0n) is 24.9. The molecule has 1 amide bonds. The highest BCUT2D eigenvalue weighted by atomic mass is 32.1. The summed E-state index contributed by atoms with van der Waals surface area (Å²) in [5.74, 6) is -0.333. The van der Waals surface area contributed by atoms with Crippen molar-refractivity contribution in [1.82, 2.24) is 15.2 Å². The standard InChI is InChI=1S/C33H43FN6OS.2H2/c1-6-27(32-23(3)19-31(42-32)28(24(4)35)22-36-14-13-34)33(41)39-30-20-26(21-38-25(30)5)29(7-2)37-15-18-40-16-11-9-8-10-12-17-40;;/h6,19-22,37H,1-3,8-18,35H2,4-5H3,(H,39,41);2*1H/b28-24+,32-27-,36-22?;;. The second-order valence-corrected chi connectivity index (χ2v) is 11.4. The van der Waals surface area contributed by atoms with E-state index in [0.717, 1.165) is 42.3 Å². The van der Waals surface area contributed by atoms with Crippen LogP contribution in [0.3, 0.4) is 0 Å². The van der Waals surface area contributed by atoms with Crippen LogP contribution in [0.15, 0.2) is 54.0 Å². The van der Waals surface area contributed by atoms with E-state index in [1.807, 2.05) is 19.1 Å². The van der Waals surface area contributed by atoms with E-state index in [2.05, 4.69) is 51.0 Å². The molecule has 7 nitrogen and oxygen atoms in total. The van der Waals surface area contributed by atoms with Gasteiger partial charge in [0.2, 0.25) is 0 Å². The SMILES string of the molecule is C=C=C(NCCN1CCCCCCC1)c1cnc(C)c(NC(=O)/C(C=C)=c2\sc(/C(C=NCCF)=C(\C)N)cc2=C)c1.[HH].[HH]. The molecule has 0 radical (unpaired) electrons. The topological polar surface area (TPSA) is 95.6 Å². The minimum atomic E-state index is -0.549. The molecule has 3 rings (SSSR count). The monoisotopic (exact) mass is 594 g/mol. The number of likely N-dealkylation sites (tertiary alicyclic amines) is 1. The average molecular weight is 595 g/mol. The van der Waals surface area contributed by atoms with Crippen LogP contribution in [0.4, 0.5) is 10.1 Å². The van der Waals surface area contributed by atoms with Crippen molar-refractivity contribution in [3.8, 4) is 0 Å². The Kier molecular flexibility index (Phi) is 12.9. The number of rotatable bonds is 12. The van der Waals surface area contributed by atoms with E-state index >= 15 is 0 Å². The normalized spacial score (nSPS) is 15.7. The largest absolute Gasteiger partial charge is 0.402 e. The number of carbonyl (C=O) groups is 1. The summed E-state index contributed by atoms with van der Waals surface area (Å²) in [5, 5.41) is 7.10. The molecule has 0 aliphatic carbocycles. The summed E-state index contributed by atoms with van der Waals surface area (Å²) in [5.41, 5.74) is 13.4. The van der Waals surface area contributed by atoms with Gasteiger partial charge in [-0.05, 0) is 57.1 Å². The summed E-state index contributed by atoms with van der Waals surface area (Å²) >= 11 is 1.36. The van der Waals surface area contributed by atoms with Crippen molar-refractivity contribution in [2.75, 3.05) is 44.7 Å². The number of anilines is 1. The number of nitrogens with one attached hydrogen (secondary N) is 2. The number of allylic oxidation sites excluding steroid dienone is 2. The lowest BCUT2D eigenvalue weighted by Gasteiger charge is -2.24. The average Bonchev–Trinajstić information content (AvgIpc) is 3.32. The summed E-state index contributed by atoms with van der Waals surface area (Å²) in [6.45, 7) is 19.0. The van der Waals surface area contributed by atoms with Gasteiger partial charge in [0, 0.05) is 54.6 Å². The summed E-state index contributed by atoms with van der Waals surface area (Å²) in [6.07, 6.45) is 11.3. The number of aromatic nitrogens is 1. The van der Waals surface area contributed by atoms with E-state index in [1.165, 1.54) is 49.5 Å². The number of aliphatic imine (C=N–C) groups is 1. The van der Waals surface area contributed by atoms with E-state index in [4.69, 9.17) is 5.73 Å². The van der Waals surface area contributed by atoms with E-state index < -0.39 is 6.67 Å². The molecule has 0 bridgehead atoms. The number of aryl methyl sites for hydroxylation is 1. The summed E-state index contributed by atoms with van der Waals surface area (Å²) < 4.78 is 13.2. The number of carbonyl (C=O) groups excluding carboxylic acids is 1. The number of nitrogens with zero attached hydrogens (tertiary/aromatic N) is 3. The van der Waals surface area contributed by atoms with Crippen molar-refractivity contribution in [2.45, 2.75) is 46.0 Å². The van der Waals surface area contributed by atoms with Crippen molar-refractivity contribution < 1.29 is 12.0 Å². The van der Waals surface area contributed by atoms with Gasteiger partial charge < -0.3 is 21.3 Å². The molecule has 1 fully saturated rings. The van der Waals surface area contributed by atoms with Gasteiger partial charge in [-0.3, -0.25) is 14.8 Å². The maximum absolute atomic E-state index is 13.5. The number of amides is 1. The van der Waals surface area contributed by atoms with Crippen LogP contribution in [-0.2, 0) is 4.79 Å². The molecule has 1 saturated heterocycles. The van der Waals surface area contributed by atoms with Crippen molar-refractivity contribution in [3.63, 3.8) is 0 Å². The predicted molar refractivity (Wildman–Crippen MR) is 181 cm³/mol. The quantitative estimate of drug-likeness (QED) is 0.236. The van der Waals surface area contributed by atoms with Crippen molar-refractivity contribution in [2.24, 2.45) is 10.7 Å². The van der Waals surface area contributed by atoms with Crippen LogP contribution < -0.4 is 26.1 Å². The van der Waals surface area contributed by atoms with Crippen LogP contribution in [0, 0.1) is 6.92 Å². The lowest BCUT2D eigenvalue weighted by Crippen LogP contribution is -2.33. The van der Waals surface area contributed by atoms with E-state index in [1.54, 1.807) is 19.3 Å². The molecule has 0 aromatic carbocycles. The first kappa shape index (κ1) is 32.7. The van der Waals surface area contributed by atoms with Crippen LogP contribution >= 0.6 is 11.3 Å². The van der Waals surface area contributed by atoms with Crippen LogP contribution in [0.5, 0.6) is 0 Å². The van der Waals surface area contributed by atoms with Crippen LogP contribution in [0.2, 0.25) is 0 Å². The fourth-order valence-corrected chi connectivity index (χ4v) is 5.99. The Hall–Kier alpha value is -3.78. The molecule has 0 saturated carbocycles. The van der Waals surface area contributed by atoms with Gasteiger partial charge in [-0.1, -0.05) is 45.1 Å². The number of pyridine rings is 1. The molecule has 9 heteroatoms. The Morgan fingerprint density at radius 3 is 2.64 bits per heavy atom. The van der Waals surface area contributed by atoms with Gasteiger partial charge in [0.1, 0.15) is 6.67 Å². The number of halogens is 1. The number of hydrogen-bond acceptors (Lipinski definition) is 7. The molecule has 2 aromatic rings. The van der Waals surface area contributed by atoms with E-state index in [0.29, 0.717) is 38.0 Å². The molecule has 0 atom stereocenters. The molecular formula is C33H47FN6OS. The Morgan fingerprint density at radius 1 is 1.29 bits per heavy atom. The van der Waals surface area contributed by atoms with Crippen molar-refractivity contribution in [3.05, 3.63) is 74.9 Å². The maximum atomic E-state index is 13.5. The van der Waals surface area contributed by atoms with Crippen LogP contribution in [0.25, 0.3) is 23.4 Å². The highest BCUT2D eigenvalue weighted by Crippen LogP contribution is 2.21. The third-order valence-electron chi connectivity index (χ3n) is 7.11. The van der Waals surface area contributed by atoms with Gasteiger partial charge in [-0.2, -0.15) is 0 Å². The van der Waals surface area contributed by atoms with Gasteiger partial charge in [0.15, 0.2) is 0 Å². The molecular weight excluding hydrogens is 547 g/mol. The first-order valence-electron chi connectivity index (χ1n) is 14.4. The number of thiophene rings is 1. The maximum Gasteiger partial charge on any atom is 0.257 e. The zero-order chi connectivity index (χ0) is 30.5. The Balaban J connectivity index is 0.00000484. The first-order valence-corrected chi connectivity index (χ1v) is 15.2. The van der Waals surface area contributed by atoms with Gasteiger partial charge in [-0.25, -0.2) is 4.39 Å². The summed E-state index contributed by atoms with van der Waals surface area (Å²) in [6, 6.07) is 3.72. The van der Waals surface area contributed by atoms with Gasteiger partial charge >= 0.3 is 0 Å². The molecule has 0 spiro atoms. The molecule has 2 aromatic heterocycles. The Morgan fingerprint density at radius 2 is 2.00 bits per heavy atom. The summed E-state index contributed by atoms with van der Waals surface area (Å²) in [7, 11) is 0. The Labute approximate surface area is 255 Å². The third kappa shape index (κ3) is 9.11. The van der Waals surface area contributed by atoms with Gasteiger partial charge in [0.25, 0.3) is 5.91 Å². The molecule has 228 valence electrons. The first-order chi connectivity index (χ1) is 20.3. The van der Waals surface area contributed by atoms with Gasteiger partial charge in [-0.15, -0.1) is 17.1 Å². The highest BCUT2D eigenvalue weighted by Gasteiger charge is 2.15. The molecule has 1 aliphatic heterocycles. The second kappa shape index (κ2) is 16.6. The van der Waals surface area contributed by atoms with Crippen LogP contribution in [-0.4, -0.2) is 61.4 Å². The molecule has 0 unspecified atom stereocenters. The molecule has 1 aliphatic rings. The molecule has 4 N–H and O–H groups in total. The number of nitrogens with two attached hydrogens (primary N) is 1. The fourth-order valence-electron chi connectivity index (χ4n) is 4.77. The lowest BCUT2D eigenvalue weighted by atomic mass is 10.1. The summed E-state index contributed by atoms with van der Waals surface area (Å²) in [4.78, 5) is 25.4. The zero-order valence-corrected chi connectivity index (χ0v) is 25.7. The van der Waals surface area contributed by atoms with E-state index in [9.17, 15) is 9.18 Å². The third-order valence-corrected chi connectivity index (χ3v) is 8.35. The number of hydrogen-bond donors (Lipinski definition) is 3. The van der Waals surface area contributed by atoms with E-state index in [-0.39, 0.29) is 15.3 Å². The van der Waals surface area contributed by atoms with Crippen molar-refractivity contribution >= 4 is 52.6 Å². The van der Waals surface area contributed by atoms with Crippen molar-refractivity contribution in [1.29, 1.82) is 0 Å². The minimum Gasteiger partial charge on any atom is -0.402 e. The smallest absolute Gasteiger partial charge is 0.257 e. The fraction of sp³-hybridized carbons (Fsp3) is 0.394. The lowest BCUT2D eigenvalue weighted by molar-refractivity contribution is -0.111. The Bertz CT molecular complexity index is 1480. The predicted octanol–water partition coefficient (Wildman–Crippen LogP) is 5.04. The highest BCUT2D eigenvalue weighted by molar-refractivity contribution is 7.11. The van der Waals surface area contributed by atoms with Gasteiger partial charge in [0.05, 0.1) is 29.2 Å². The molecule has 42 heavy (non-hydrogen) atoms. The number of alkyl halides is 1. The minimum absolute atomic E-state index is 0. The molecule has 3 heterocycles. The van der Waals surface area contributed by atoms with Crippen LogP contribution in [0.1, 0.15) is 58.0 Å². The second-order valence-electron chi connectivity index (χ2n) is 10.3.